The van der Waals surface area contributed by atoms with E-state index in [0.29, 0.717) is 5.89 Å². The number of carbonyl (C=O) groups is 1. The molecular formula is C13H17N5O2. The quantitative estimate of drug-likeness (QED) is 0.893. The van der Waals surface area contributed by atoms with Gasteiger partial charge in [0.05, 0.1) is 6.04 Å². The van der Waals surface area contributed by atoms with E-state index in [1.54, 1.807) is 0 Å². The third kappa shape index (κ3) is 2.32. The SMILES string of the molecule is Cn1cccc1CN1CCC[C@H]1c1nc(C(N)=O)no1. The summed E-state index contributed by atoms with van der Waals surface area (Å²) >= 11 is 0. The minimum atomic E-state index is -0.660. The molecule has 2 aromatic rings. The monoisotopic (exact) mass is 275 g/mol. The number of nitrogens with two attached hydrogens (primary N) is 1. The van der Waals surface area contributed by atoms with Crippen molar-refractivity contribution in [1.29, 1.82) is 0 Å². The Bertz CT molecular complexity index is 618. The lowest BCUT2D eigenvalue weighted by molar-refractivity contribution is 0.0987. The second kappa shape index (κ2) is 5.09. The van der Waals surface area contributed by atoms with Crippen molar-refractivity contribution in [3.8, 4) is 0 Å². The van der Waals surface area contributed by atoms with Gasteiger partial charge in [-0.05, 0) is 31.5 Å². The van der Waals surface area contributed by atoms with Gasteiger partial charge in [-0.1, -0.05) is 5.16 Å². The van der Waals surface area contributed by atoms with Gasteiger partial charge in [0.25, 0.3) is 11.7 Å². The first-order valence-corrected chi connectivity index (χ1v) is 6.63. The average molecular weight is 275 g/mol. The van der Waals surface area contributed by atoms with E-state index in [9.17, 15) is 4.79 Å². The molecule has 0 unspecified atom stereocenters. The third-order valence-corrected chi connectivity index (χ3v) is 3.73. The van der Waals surface area contributed by atoms with Gasteiger partial charge in [-0.25, -0.2) is 0 Å². The highest BCUT2D eigenvalue weighted by Gasteiger charge is 2.31. The molecule has 3 heterocycles. The normalized spacial score (nSPS) is 19.6. The van der Waals surface area contributed by atoms with Gasteiger partial charge < -0.3 is 14.8 Å². The van der Waals surface area contributed by atoms with E-state index in [1.165, 1.54) is 5.69 Å². The summed E-state index contributed by atoms with van der Waals surface area (Å²) in [6.45, 7) is 1.80. The summed E-state index contributed by atoms with van der Waals surface area (Å²) in [7, 11) is 2.03. The number of amides is 1. The summed E-state index contributed by atoms with van der Waals surface area (Å²) in [6, 6.07) is 4.18. The Labute approximate surface area is 116 Å². The van der Waals surface area contributed by atoms with Crippen LogP contribution >= 0.6 is 0 Å². The largest absolute Gasteiger partial charge is 0.363 e. The predicted octanol–water partition coefficient (Wildman–Crippen LogP) is 0.844. The molecule has 2 N–H and O–H groups in total. The lowest BCUT2D eigenvalue weighted by atomic mass is 10.2. The number of likely N-dealkylation sites (tertiary alicyclic amines) is 1. The molecule has 106 valence electrons. The molecule has 0 saturated carbocycles. The first-order chi connectivity index (χ1) is 9.65. The number of primary amides is 1. The van der Waals surface area contributed by atoms with Crippen molar-refractivity contribution >= 4 is 5.91 Å². The van der Waals surface area contributed by atoms with Crippen LogP contribution in [0.3, 0.4) is 0 Å². The number of carbonyl (C=O) groups excluding carboxylic acids is 1. The van der Waals surface area contributed by atoms with E-state index in [4.69, 9.17) is 10.3 Å². The Kier molecular flexibility index (Phi) is 3.27. The summed E-state index contributed by atoms with van der Waals surface area (Å²) in [5.74, 6) is -0.233. The minimum Gasteiger partial charge on any atom is -0.363 e. The van der Waals surface area contributed by atoms with Gasteiger partial charge in [-0.15, -0.1) is 0 Å². The van der Waals surface area contributed by atoms with Crippen molar-refractivity contribution in [2.24, 2.45) is 12.8 Å². The van der Waals surface area contributed by atoms with Crippen LogP contribution in [0.25, 0.3) is 0 Å². The fraction of sp³-hybridized carbons (Fsp3) is 0.462. The maximum Gasteiger partial charge on any atom is 0.290 e. The van der Waals surface area contributed by atoms with Gasteiger partial charge in [0.1, 0.15) is 0 Å². The topological polar surface area (TPSA) is 90.2 Å². The highest BCUT2D eigenvalue weighted by atomic mass is 16.5. The van der Waals surface area contributed by atoms with Crippen LogP contribution in [0.15, 0.2) is 22.9 Å². The fourth-order valence-corrected chi connectivity index (χ4v) is 2.63. The van der Waals surface area contributed by atoms with Crippen LogP contribution in [0.5, 0.6) is 0 Å². The molecule has 1 atom stereocenters. The van der Waals surface area contributed by atoms with Crippen molar-refractivity contribution in [3.05, 3.63) is 35.7 Å². The first-order valence-electron chi connectivity index (χ1n) is 6.63. The van der Waals surface area contributed by atoms with Gasteiger partial charge in [0.15, 0.2) is 0 Å². The maximum absolute atomic E-state index is 11.0. The highest BCUT2D eigenvalue weighted by Crippen LogP contribution is 2.32. The van der Waals surface area contributed by atoms with E-state index in [-0.39, 0.29) is 11.9 Å². The molecule has 0 aliphatic carbocycles. The number of rotatable bonds is 4. The molecule has 3 rings (SSSR count). The smallest absolute Gasteiger partial charge is 0.290 e. The molecule has 1 fully saturated rings. The molecule has 0 radical (unpaired) electrons. The van der Waals surface area contributed by atoms with Gasteiger partial charge >= 0.3 is 0 Å². The third-order valence-electron chi connectivity index (χ3n) is 3.73. The van der Waals surface area contributed by atoms with Crippen molar-refractivity contribution in [2.45, 2.75) is 25.4 Å². The second-order valence-corrected chi connectivity index (χ2v) is 5.06. The summed E-state index contributed by atoms with van der Waals surface area (Å²) in [6.07, 6.45) is 4.05. The Hall–Kier alpha value is -2.15. The van der Waals surface area contributed by atoms with E-state index >= 15 is 0 Å². The average Bonchev–Trinajstić information content (AvgIpc) is 3.11. The molecule has 0 spiro atoms. The number of aryl methyl sites for hydroxylation is 1. The lowest BCUT2D eigenvalue weighted by Gasteiger charge is -2.21. The van der Waals surface area contributed by atoms with Crippen LogP contribution in [0.2, 0.25) is 0 Å². The van der Waals surface area contributed by atoms with Gasteiger partial charge in [-0.3, -0.25) is 9.69 Å². The zero-order valence-electron chi connectivity index (χ0n) is 11.3. The number of nitrogens with zero attached hydrogens (tertiary/aromatic N) is 4. The van der Waals surface area contributed by atoms with E-state index in [2.05, 4.69) is 25.7 Å². The van der Waals surface area contributed by atoms with E-state index < -0.39 is 5.91 Å². The predicted molar refractivity (Wildman–Crippen MR) is 70.6 cm³/mol. The van der Waals surface area contributed by atoms with Crippen LogP contribution < -0.4 is 5.73 Å². The number of hydrogen-bond donors (Lipinski definition) is 1. The molecule has 1 aliphatic rings. The summed E-state index contributed by atoms with van der Waals surface area (Å²) in [5, 5.41) is 3.62. The van der Waals surface area contributed by atoms with Crippen molar-refractivity contribution in [1.82, 2.24) is 19.6 Å². The van der Waals surface area contributed by atoms with Gasteiger partial charge in [0.2, 0.25) is 5.89 Å². The van der Waals surface area contributed by atoms with Crippen LogP contribution in [0.1, 0.15) is 41.1 Å². The van der Waals surface area contributed by atoms with Crippen LogP contribution in [-0.2, 0) is 13.6 Å². The molecule has 1 amide bonds. The molecule has 7 heteroatoms. The molecule has 0 bridgehead atoms. The van der Waals surface area contributed by atoms with E-state index in [1.807, 2.05) is 19.3 Å². The van der Waals surface area contributed by atoms with E-state index in [0.717, 1.165) is 25.9 Å². The van der Waals surface area contributed by atoms with Crippen molar-refractivity contribution in [2.75, 3.05) is 6.54 Å². The molecular weight excluding hydrogens is 258 g/mol. The second-order valence-electron chi connectivity index (χ2n) is 5.06. The number of hydrogen-bond acceptors (Lipinski definition) is 5. The Balaban J connectivity index is 1.78. The van der Waals surface area contributed by atoms with Crippen LogP contribution in [-0.4, -0.2) is 32.1 Å². The van der Waals surface area contributed by atoms with Gasteiger partial charge in [0, 0.05) is 25.5 Å². The zero-order valence-corrected chi connectivity index (χ0v) is 11.3. The Morgan fingerprint density at radius 1 is 1.60 bits per heavy atom. The van der Waals surface area contributed by atoms with Crippen molar-refractivity contribution < 1.29 is 9.32 Å². The zero-order chi connectivity index (χ0) is 14.1. The van der Waals surface area contributed by atoms with Crippen LogP contribution in [0, 0.1) is 0 Å². The fourth-order valence-electron chi connectivity index (χ4n) is 2.63. The standard InChI is InChI=1S/C13H17N5O2/c1-17-6-2-4-9(17)8-18-7-3-5-10(18)13-15-12(11(14)19)16-20-13/h2,4,6,10H,3,5,7-8H2,1H3,(H2,14,19)/t10-/m0/s1. The summed E-state index contributed by atoms with van der Waals surface area (Å²) in [5.41, 5.74) is 6.38. The molecule has 1 saturated heterocycles. The summed E-state index contributed by atoms with van der Waals surface area (Å²) in [4.78, 5) is 17.4. The highest BCUT2D eigenvalue weighted by molar-refractivity contribution is 5.88. The molecule has 0 aromatic carbocycles. The minimum absolute atomic E-state index is 0.0503. The first kappa shape index (κ1) is 12.9. The number of aromatic nitrogens is 3. The Morgan fingerprint density at radius 3 is 3.10 bits per heavy atom. The lowest BCUT2D eigenvalue weighted by Crippen LogP contribution is -2.24. The van der Waals surface area contributed by atoms with Crippen molar-refractivity contribution in [3.63, 3.8) is 0 Å². The Morgan fingerprint density at radius 2 is 2.45 bits per heavy atom. The molecule has 7 nitrogen and oxygen atoms in total. The van der Waals surface area contributed by atoms with Crippen LogP contribution in [0.4, 0.5) is 0 Å². The van der Waals surface area contributed by atoms with Gasteiger partial charge in [-0.2, -0.15) is 4.98 Å². The molecule has 20 heavy (non-hydrogen) atoms. The molecule has 1 aliphatic heterocycles. The maximum atomic E-state index is 11.0. The molecule has 2 aromatic heterocycles. The summed E-state index contributed by atoms with van der Waals surface area (Å²) < 4.78 is 7.27.